The number of rotatable bonds is 12. The summed E-state index contributed by atoms with van der Waals surface area (Å²) < 4.78 is 5.09. The molecule has 9 nitrogen and oxygen atoms in total. The van der Waals surface area contributed by atoms with Crippen molar-refractivity contribution in [3.05, 3.63) is 219 Å². The van der Waals surface area contributed by atoms with Crippen LogP contribution in [0, 0.1) is 6.07 Å². The van der Waals surface area contributed by atoms with Crippen LogP contribution >= 0.6 is 0 Å². The van der Waals surface area contributed by atoms with Crippen LogP contribution in [0.3, 0.4) is 0 Å². The van der Waals surface area contributed by atoms with Crippen LogP contribution in [-0.4, -0.2) is 52.0 Å². The number of aromatic hydroxyl groups is 2. The van der Waals surface area contributed by atoms with E-state index in [4.69, 9.17) is 9.84 Å². The molecule has 6 aromatic rings. The van der Waals surface area contributed by atoms with Gasteiger partial charge in [0.25, 0.3) is 0 Å². The molecule has 0 spiro atoms. The maximum absolute atomic E-state index is 12.5. The zero-order chi connectivity index (χ0) is 49.8. The molecule has 0 aliphatic carbocycles. The van der Waals surface area contributed by atoms with Gasteiger partial charge >= 0.3 is 0 Å². The van der Waals surface area contributed by atoms with Crippen LogP contribution in [0.25, 0.3) is 11.1 Å². The van der Waals surface area contributed by atoms with Gasteiger partial charge in [-0.3, -0.25) is 28.8 Å². The van der Waals surface area contributed by atoms with Gasteiger partial charge in [-0.25, -0.2) is 0 Å². The third-order valence-corrected chi connectivity index (χ3v) is 10.9. The first-order valence-electron chi connectivity index (χ1n) is 21.3. The summed E-state index contributed by atoms with van der Waals surface area (Å²) in [6.07, 6.45) is 1.81. The van der Waals surface area contributed by atoms with Gasteiger partial charge < -0.3 is 14.9 Å². The number of carbonyl (C=O) groups is 6. The predicted octanol–water partition coefficient (Wildman–Crippen LogP) is 12.3. The molecule has 68 heavy (non-hydrogen) atoms. The summed E-state index contributed by atoms with van der Waals surface area (Å²) in [7, 11) is 1.59. The minimum Gasteiger partial charge on any atom is -0.508 e. The fraction of sp³-hybridized carbons (Fsp3) is 0.172. The third kappa shape index (κ3) is 17.4. The van der Waals surface area contributed by atoms with Crippen LogP contribution in [0.5, 0.6) is 17.2 Å². The second-order valence-corrected chi connectivity index (χ2v) is 15.4. The number of methoxy groups -OCH3 is 1. The van der Waals surface area contributed by atoms with Gasteiger partial charge in [0.05, 0.1) is 7.11 Å². The van der Waals surface area contributed by atoms with E-state index in [-0.39, 0.29) is 78.9 Å². The molecule has 6 rings (SSSR count). The number of phenols is 2. The SMILES string of the molecule is C/C=C(/C)C(C)=O.CC(=O)/C(C)=C(\C)c1ccc(C(=O)c2ccc(O)cc2)cc1.COc1ccc(C(=O)c2ccc(/C(C)=C(\C)C(C)=O)cc2)cc1.O=C(c1cc[c-]cc1)c1ccc(O)cc1.[Y]. The Bertz CT molecular complexity index is 2760. The number of hydrogen-bond acceptors (Lipinski definition) is 9. The van der Waals surface area contributed by atoms with Crippen molar-refractivity contribution in [3.8, 4) is 17.2 Å². The van der Waals surface area contributed by atoms with E-state index in [1.54, 1.807) is 132 Å². The number of allylic oxidation sites excluding steroid dienone is 6. The molecule has 0 aliphatic heterocycles. The molecule has 0 aliphatic rings. The van der Waals surface area contributed by atoms with Crippen LogP contribution in [0.15, 0.2) is 168 Å². The van der Waals surface area contributed by atoms with Crippen LogP contribution in [0.2, 0.25) is 0 Å². The van der Waals surface area contributed by atoms with Crippen molar-refractivity contribution in [1.82, 2.24) is 0 Å². The van der Waals surface area contributed by atoms with Gasteiger partial charge in [0, 0.05) is 60.5 Å². The molecular weight excluding hydrogens is 930 g/mol. The molecule has 1 radical (unpaired) electrons. The summed E-state index contributed by atoms with van der Waals surface area (Å²) in [5.41, 5.74) is 9.53. The molecule has 6 aromatic carbocycles. The van der Waals surface area contributed by atoms with Crippen LogP contribution in [0.1, 0.15) is 121 Å². The molecule has 0 bridgehead atoms. The molecule has 0 unspecified atom stereocenters. The van der Waals surface area contributed by atoms with Gasteiger partial charge in [0.15, 0.2) is 34.7 Å². The first-order valence-corrected chi connectivity index (χ1v) is 21.3. The average molecular weight is 987 g/mol. The molecule has 0 atom stereocenters. The number of ether oxygens (including phenoxy) is 1. The Labute approximate surface area is 425 Å². The Kier molecular flexibility index (Phi) is 23.8. The Morgan fingerprint density at radius 1 is 0.412 bits per heavy atom. The van der Waals surface area contributed by atoms with E-state index in [1.807, 2.05) is 65.0 Å². The van der Waals surface area contributed by atoms with E-state index in [9.17, 15) is 33.9 Å². The fourth-order valence-corrected chi connectivity index (χ4v) is 5.91. The standard InChI is InChI=1S/C20H20O3.C19H18O3.C13H9O2.C6H10O.Y/c1-13(15(3)21)14(2)16-5-7-17(8-6-16)20(22)18-9-11-19(23-4)12-10-18;1-12(14(3)20)13(2)15-4-6-16(7-5-15)19(22)17-8-10-18(21)11-9-17;14-12-8-6-11(7-9-12)13(15)10-4-2-1-3-5-10;1-4-5(2)6(3)7;/h5-12H,1-4H3;4-11,21H,1-3H3;2-9,14H;4H,1-3H3;/q;;-1;;/b14-13+;13-12+;;5-4-;. The second-order valence-electron chi connectivity index (χ2n) is 15.4. The molecule has 2 N–H and O–H groups in total. The molecule has 0 heterocycles. The Morgan fingerprint density at radius 3 is 0.926 bits per heavy atom. The monoisotopic (exact) mass is 986 g/mol. The molecular formula is C58H57O9Y-. The summed E-state index contributed by atoms with van der Waals surface area (Å²) in [6, 6.07) is 43.6. The van der Waals surface area contributed by atoms with Gasteiger partial charge in [0.1, 0.15) is 17.2 Å². The molecule has 10 heteroatoms. The van der Waals surface area contributed by atoms with E-state index in [1.165, 1.54) is 24.3 Å². The zero-order valence-corrected chi connectivity index (χ0v) is 43.1. The first-order chi connectivity index (χ1) is 31.8. The summed E-state index contributed by atoms with van der Waals surface area (Å²) in [5.74, 6) is 1.08. The van der Waals surface area contributed by atoms with E-state index in [2.05, 4.69) is 6.07 Å². The van der Waals surface area contributed by atoms with Crippen molar-refractivity contribution in [3.63, 3.8) is 0 Å². The van der Waals surface area contributed by atoms with E-state index < -0.39 is 0 Å². The van der Waals surface area contributed by atoms with Crippen molar-refractivity contribution in [2.75, 3.05) is 7.11 Å². The Morgan fingerprint density at radius 2 is 0.676 bits per heavy atom. The van der Waals surface area contributed by atoms with Gasteiger partial charge in [0.2, 0.25) is 0 Å². The number of hydrogen-bond donors (Lipinski definition) is 2. The predicted molar refractivity (Wildman–Crippen MR) is 266 cm³/mol. The van der Waals surface area contributed by atoms with Crippen molar-refractivity contribution in [1.29, 1.82) is 0 Å². The largest absolute Gasteiger partial charge is 0.508 e. The number of carbonyl (C=O) groups excluding carboxylic acids is 6. The van der Waals surface area contributed by atoms with E-state index in [0.717, 1.165) is 44.7 Å². The zero-order valence-electron chi connectivity index (χ0n) is 40.3. The van der Waals surface area contributed by atoms with Crippen molar-refractivity contribution in [2.24, 2.45) is 0 Å². The number of ketones is 6. The minimum absolute atomic E-state index is 0. The molecule has 0 saturated heterocycles. The molecule has 0 fully saturated rings. The third-order valence-electron chi connectivity index (χ3n) is 10.9. The normalized spacial score (nSPS) is 11.1. The molecule has 0 aromatic heterocycles. The number of benzene rings is 6. The Balaban J connectivity index is 0.000000330. The fourth-order valence-electron chi connectivity index (χ4n) is 5.91. The van der Waals surface area contributed by atoms with Crippen LogP contribution in [-0.2, 0) is 47.1 Å². The smallest absolute Gasteiger partial charge is 0.193 e. The Hall–Kier alpha value is -6.94. The second kappa shape index (κ2) is 28.3. The summed E-state index contributed by atoms with van der Waals surface area (Å²) >= 11 is 0. The molecule has 347 valence electrons. The number of phenolic OH excluding ortho intramolecular Hbond substituents is 2. The maximum atomic E-state index is 12.5. The minimum atomic E-state index is -0.100. The van der Waals surface area contributed by atoms with Crippen LogP contribution < -0.4 is 4.74 Å². The quantitative estimate of drug-likeness (QED) is 0.0693. The average Bonchev–Trinajstić information content (AvgIpc) is 3.35. The first kappa shape index (κ1) is 57.2. The van der Waals surface area contributed by atoms with Gasteiger partial charge in [-0.2, -0.15) is 30.3 Å². The van der Waals surface area contributed by atoms with Crippen molar-refractivity contribution in [2.45, 2.75) is 62.3 Å². The van der Waals surface area contributed by atoms with E-state index >= 15 is 0 Å². The topological polar surface area (TPSA) is 152 Å². The molecule has 0 saturated carbocycles. The van der Waals surface area contributed by atoms with Gasteiger partial charge in [-0.05, 0) is 174 Å². The van der Waals surface area contributed by atoms with Crippen molar-refractivity contribution >= 4 is 45.8 Å². The van der Waals surface area contributed by atoms with Crippen molar-refractivity contribution < 1.29 is 76.4 Å². The summed E-state index contributed by atoms with van der Waals surface area (Å²) in [5, 5.41) is 18.4. The maximum Gasteiger partial charge on any atom is 0.193 e. The molecule has 0 amide bonds. The summed E-state index contributed by atoms with van der Waals surface area (Å²) in [6.45, 7) is 15.8. The number of Topliss-reactive ketones (excluding diaryl/α,β-unsaturated/α-hetero) is 3. The van der Waals surface area contributed by atoms with Gasteiger partial charge in [-0.1, -0.05) is 60.2 Å². The van der Waals surface area contributed by atoms with Gasteiger partial charge in [-0.15, -0.1) is 0 Å². The van der Waals surface area contributed by atoms with Crippen LogP contribution in [0.4, 0.5) is 0 Å². The van der Waals surface area contributed by atoms with E-state index in [0.29, 0.717) is 33.4 Å². The summed E-state index contributed by atoms with van der Waals surface area (Å²) in [4.78, 5) is 69.8.